The lowest BCUT2D eigenvalue weighted by Gasteiger charge is -2.22. The number of hydrogen-bond donors (Lipinski definition) is 4. The molecule has 12 heteroatoms. The fraction of sp³-hybridized carbons (Fsp3) is 0.231. The highest BCUT2D eigenvalue weighted by Gasteiger charge is 2.23. The molecule has 264 valence electrons. The Morgan fingerprint density at radius 3 is 1.00 bits per heavy atom. The second-order valence-electron chi connectivity index (χ2n) is 11.9. The van der Waals surface area contributed by atoms with Crippen molar-refractivity contribution < 1.29 is 58.6 Å². The average molecular weight is 697 g/mol. The molecule has 0 fully saturated rings. The van der Waals surface area contributed by atoms with Crippen LogP contribution < -0.4 is 18.9 Å². The van der Waals surface area contributed by atoms with Gasteiger partial charge < -0.3 is 39.4 Å². The summed E-state index contributed by atoms with van der Waals surface area (Å²) in [4.78, 5) is 46.8. The first-order valence-corrected chi connectivity index (χ1v) is 16.0. The van der Waals surface area contributed by atoms with Crippen LogP contribution in [0.25, 0.3) is 0 Å². The van der Waals surface area contributed by atoms with Crippen molar-refractivity contribution in [2.45, 2.75) is 32.1 Å². The van der Waals surface area contributed by atoms with Gasteiger partial charge in [-0.1, -0.05) is 72.8 Å². The van der Waals surface area contributed by atoms with Crippen molar-refractivity contribution in [3.8, 4) is 23.0 Å². The number of rotatable bonds is 14. The molecule has 0 amide bonds. The molecule has 0 aliphatic heterocycles. The van der Waals surface area contributed by atoms with Gasteiger partial charge in [-0.3, -0.25) is 0 Å². The summed E-state index contributed by atoms with van der Waals surface area (Å²) in [5, 5.41) is 38.2. The monoisotopic (exact) mass is 696 g/mol. The number of hydrogen-bond acceptors (Lipinski definition) is 8. The molecule has 1 aliphatic rings. The summed E-state index contributed by atoms with van der Waals surface area (Å²) < 4.78 is 23.7. The normalized spacial score (nSPS) is 11.9. The molecule has 51 heavy (non-hydrogen) atoms. The van der Waals surface area contributed by atoms with Gasteiger partial charge in [-0.25, -0.2) is 19.2 Å². The molecule has 1 aliphatic carbocycles. The molecule has 12 nitrogen and oxygen atoms in total. The molecule has 0 unspecified atom stereocenters. The first kappa shape index (κ1) is 36.0. The summed E-state index contributed by atoms with van der Waals surface area (Å²) in [6.45, 7) is 1.34. The summed E-state index contributed by atoms with van der Waals surface area (Å²) in [7, 11) is 0. The lowest BCUT2D eigenvalue weighted by atomic mass is 9.90. The van der Waals surface area contributed by atoms with Crippen LogP contribution in [0.1, 0.15) is 50.1 Å². The summed E-state index contributed by atoms with van der Waals surface area (Å²) in [6, 6.07) is 19.8. The van der Waals surface area contributed by atoms with Crippen molar-refractivity contribution in [3.05, 3.63) is 129 Å². The standard InChI is InChI=1S/C39H36O12/c1-2-6-23-13-30-17-28-11-4-9-26(37(28)49-20-33(42)43)15-24-7-3-8-25(36(24)48-19-32(40)41)16-27-10-5-12-29(38(27)50-21-34(44)45)18-31(14-23)39(30)51-22-35(46)47/h2-5,7-14H,1,6,15-22H2,(H,40,41)(H,42,43)(H,44,45)(H,46,47). The largest absolute Gasteiger partial charge is 0.481 e. The molecule has 0 atom stereocenters. The van der Waals surface area contributed by atoms with E-state index in [1.54, 1.807) is 60.7 Å². The van der Waals surface area contributed by atoms with Gasteiger partial charge in [0.05, 0.1) is 0 Å². The van der Waals surface area contributed by atoms with Crippen LogP contribution in [0.2, 0.25) is 0 Å². The topological polar surface area (TPSA) is 186 Å². The van der Waals surface area contributed by atoms with Gasteiger partial charge in [-0.15, -0.1) is 6.58 Å². The summed E-state index contributed by atoms with van der Waals surface area (Å²) in [5.41, 5.74) is 5.65. The van der Waals surface area contributed by atoms with Gasteiger partial charge in [0.2, 0.25) is 0 Å². The Labute approximate surface area is 293 Å². The number of benzene rings is 4. The number of carboxylic acids is 4. The Hall–Kier alpha value is -6.30. The minimum atomic E-state index is -1.19. The molecule has 0 aromatic heterocycles. The Kier molecular flexibility index (Phi) is 11.6. The van der Waals surface area contributed by atoms with Crippen LogP contribution in [-0.2, 0) is 51.3 Å². The van der Waals surface area contributed by atoms with Gasteiger partial charge >= 0.3 is 23.9 Å². The van der Waals surface area contributed by atoms with E-state index in [0.29, 0.717) is 73.9 Å². The Morgan fingerprint density at radius 1 is 0.490 bits per heavy atom. The van der Waals surface area contributed by atoms with Crippen LogP contribution in [0, 0.1) is 0 Å². The van der Waals surface area contributed by atoms with Gasteiger partial charge in [0.15, 0.2) is 26.4 Å². The summed E-state index contributed by atoms with van der Waals surface area (Å²) in [5.74, 6) is -3.54. The van der Waals surface area contributed by atoms with Crippen molar-refractivity contribution in [1.29, 1.82) is 0 Å². The second-order valence-corrected chi connectivity index (χ2v) is 11.9. The number of carbonyl (C=O) groups is 4. The van der Waals surface area contributed by atoms with E-state index in [2.05, 4.69) is 6.58 Å². The Bertz CT molecular complexity index is 1870. The number of fused-ring (bicyclic) bond motifs is 8. The molecule has 0 saturated heterocycles. The van der Waals surface area contributed by atoms with Crippen LogP contribution in [-0.4, -0.2) is 70.7 Å². The predicted molar refractivity (Wildman–Crippen MR) is 183 cm³/mol. The summed E-state index contributed by atoms with van der Waals surface area (Å²) >= 11 is 0. The van der Waals surface area contributed by atoms with Crippen molar-refractivity contribution in [2.75, 3.05) is 26.4 Å². The number of para-hydroxylation sites is 3. The fourth-order valence-corrected chi connectivity index (χ4v) is 6.22. The molecule has 8 bridgehead atoms. The third-order valence-electron chi connectivity index (χ3n) is 8.10. The maximum absolute atomic E-state index is 11.8. The Balaban J connectivity index is 1.81. The smallest absolute Gasteiger partial charge is 0.341 e. The number of carboxylic acid groups (broad SMARTS) is 4. The third-order valence-corrected chi connectivity index (χ3v) is 8.10. The highest BCUT2D eigenvalue weighted by atomic mass is 16.5. The zero-order chi connectivity index (χ0) is 36.5. The summed E-state index contributed by atoms with van der Waals surface area (Å²) in [6.07, 6.45) is 2.84. The highest BCUT2D eigenvalue weighted by molar-refractivity contribution is 5.70. The van der Waals surface area contributed by atoms with E-state index < -0.39 is 50.3 Å². The first-order chi connectivity index (χ1) is 24.5. The van der Waals surface area contributed by atoms with Crippen LogP contribution in [0.4, 0.5) is 0 Å². The van der Waals surface area contributed by atoms with E-state index in [1.165, 1.54) is 0 Å². The van der Waals surface area contributed by atoms with Crippen molar-refractivity contribution in [2.24, 2.45) is 0 Å². The predicted octanol–water partition coefficient (Wildman–Crippen LogP) is 4.95. The van der Waals surface area contributed by atoms with Gasteiger partial charge in [-0.2, -0.15) is 0 Å². The SMILES string of the molecule is C=CCc1cc2c(OCC(=O)O)c(c1)Cc1cccc(c1OCC(=O)O)Cc1cccc(c1OCC(=O)O)Cc1cccc(c1OCC(=O)O)C2. The Morgan fingerprint density at radius 2 is 0.745 bits per heavy atom. The van der Waals surface area contributed by atoms with E-state index in [4.69, 9.17) is 18.9 Å². The van der Waals surface area contributed by atoms with Crippen molar-refractivity contribution in [1.82, 2.24) is 0 Å². The number of aliphatic carboxylic acids is 4. The molecule has 4 N–H and O–H groups in total. The molecular formula is C39H36O12. The van der Waals surface area contributed by atoms with E-state index >= 15 is 0 Å². The zero-order valence-corrected chi connectivity index (χ0v) is 27.6. The molecule has 5 rings (SSSR count). The average Bonchev–Trinajstić information content (AvgIpc) is 3.06. The van der Waals surface area contributed by atoms with Crippen LogP contribution >= 0.6 is 0 Å². The van der Waals surface area contributed by atoms with Gasteiger partial charge in [-0.05, 0) is 56.5 Å². The highest BCUT2D eigenvalue weighted by Crippen LogP contribution is 2.39. The quantitative estimate of drug-likeness (QED) is 0.115. The van der Waals surface area contributed by atoms with Crippen molar-refractivity contribution >= 4 is 23.9 Å². The maximum Gasteiger partial charge on any atom is 0.341 e. The van der Waals surface area contributed by atoms with E-state index in [0.717, 1.165) is 5.56 Å². The molecule has 0 spiro atoms. The molecule has 4 aromatic carbocycles. The first-order valence-electron chi connectivity index (χ1n) is 16.0. The third kappa shape index (κ3) is 9.24. The molecular weight excluding hydrogens is 660 g/mol. The van der Waals surface area contributed by atoms with Crippen LogP contribution in [0.3, 0.4) is 0 Å². The zero-order valence-electron chi connectivity index (χ0n) is 27.6. The molecule has 0 saturated carbocycles. The number of ether oxygens (including phenoxy) is 4. The molecule has 4 aromatic rings. The van der Waals surface area contributed by atoms with Crippen LogP contribution in [0.15, 0.2) is 79.4 Å². The minimum Gasteiger partial charge on any atom is -0.481 e. The van der Waals surface area contributed by atoms with Gasteiger partial charge in [0.1, 0.15) is 23.0 Å². The number of allylic oxidation sites excluding steroid dienone is 1. The van der Waals surface area contributed by atoms with Gasteiger partial charge in [0.25, 0.3) is 0 Å². The van der Waals surface area contributed by atoms with Gasteiger partial charge in [0, 0.05) is 25.7 Å². The lowest BCUT2D eigenvalue weighted by molar-refractivity contribution is -0.140. The minimum absolute atomic E-state index is 0.153. The lowest BCUT2D eigenvalue weighted by Crippen LogP contribution is -2.16. The van der Waals surface area contributed by atoms with E-state index in [-0.39, 0.29) is 25.7 Å². The van der Waals surface area contributed by atoms with Crippen LogP contribution in [0.5, 0.6) is 23.0 Å². The second kappa shape index (κ2) is 16.4. The van der Waals surface area contributed by atoms with E-state index in [9.17, 15) is 39.6 Å². The fourth-order valence-electron chi connectivity index (χ4n) is 6.22. The van der Waals surface area contributed by atoms with Crippen molar-refractivity contribution in [3.63, 3.8) is 0 Å². The molecule has 0 radical (unpaired) electrons. The molecule has 0 heterocycles. The van der Waals surface area contributed by atoms with E-state index in [1.807, 2.05) is 12.1 Å². The maximum atomic E-state index is 11.8.